The molecule has 7 nitrogen and oxygen atoms in total. The number of nitrogens with zero attached hydrogens (tertiary/aromatic N) is 3. The molecule has 0 bridgehead atoms. The first-order chi connectivity index (χ1) is 12.5. The molecular weight excluding hydrogens is 337 g/mol. The summed E-state index contributed by atoms with van der Waals surface area (Å²) in [5.41, 5.74) is 2.32. The van der Waals surface area contributed by atoms with E-state index < -0.39 is 11.2 Å². The molecule has 1 aliphatic rings. The third kappa shape index (κ3) is 2.90. The number of anilines is 1. The van der Waals surface area contributed by atoms with Gasteiger partial charge in [-0.3, -0.25) is 9.78 Å². The summed E-state index contributed by atoms with van der Waals surface area (Å²) in [6.45, 7) is 3.41. The third-order valence-electron chi connectivity index (χ3n) is 4.61. The average molecular weight is 353 g/mol. The van der Waals surface area contributed by atoms with E-state index in [2.05, 4.69) is 25.1 Å². The van der Waals surface area contributed by atoms with E-state index in [9.17, 15) is 14.0 Å². The standard InChI is InChI=1S/C18H16FN5O2/c1-10-16(24-8-12(9-24)11-2-4-13(19)5-3-11)6-15(23-22-10)14-7-20-18(26)21-17(14)25/h2-7,12H,8-9H2,1H3,(H2,20,21,25,26). The van der Waals surface area contributed by atoms with Crippen molar-refractivity contribution in [1.82, 2.24) is 20.2 Å². The van der Waals surface area contributed by atoms with Gasteiger partial charge in [0.25, 0.3) is 5.56 Å². The highest BCUT2D eigenvalue weighted by Gasteiger charge is 2.30. The van der Waals surface area contributed by atoms with Crippen LogP contribution in [-0.2, 0) is 0 Å². The summed E-state index contributed by atoms with van der Waals surface area (Å²) in [7, 11) is 0. The summed E-state index contributed by atoms with van der Waals surface area (Å²) >= 11 is 0. The second-order valence-electron chi connectivity index (χ2n) is 6.34. The minimum Gasteiger partial charge on any atom is -0.369 e. The largest absolute Gasteiger partial charge is 0.369 e. The molecule has 3 aromatic rings. The fraction of sp³-hybridized carbons (Fsp3) is 0.222. The molecule has 3 heterocycles. The van der Waals surface area contributed by atoms with Crippen LogP contribution in [-0.4, -0.2) is 33.3 Å². The van der Waals surface area contributed by atoms with Crippen molar-refractivity contribution in [3.8, 4) is 11.3 Å². The summed E-state index contributed by atoms with van der Waals surface area (Å²) in [6.07, 6.45) is 1.34. The van der Waals surface area contributed by atoms with Crippen molar-refractivity contribution in [2.75, 3.05) is 18.0 Å². The molecule has 0 amide bonds. The van der Waals surface area contributed by atoms with E-state index in [0.717, 1.165) is 30.0 Å². The molecule has 8 heteroatoms. The number of benzene rings is 1. The van der Waals surface area contributed by atoms with Gasteiger partial charge in [0.2, 0.25) is 0 Å². The fourth-order valence-corrected chi connectivity index (χ4v) is 3.12. The van der Waals surface area contributed by atoms with Crippen LogP contribution in [0.2, 0.25) is 0 Å². The minimum atomic E-state index is -0.566. The first-order valence-corrected chi connectivity index (χ1v) is 8.18. The van der Waals surface area contributed by atoms with Gasteiger partial charge in [0.1, 0.15) is 11.5 Å². The van der Waals surface area contributed by atoms with Crippen molar-refractivity contribution in [1.29, 1.82) is 0 Å². The van der Waals surface area contributed by atoms with Gasteiger partial charge < -0.3 is 9.88 Å². The Balaban J connectivity index is 1.59. The Kier molecular flexibility index (Phi) is 3.87. The molecule has 132 valence electrons. The Morgan fingerprint density at radius 2 is 1.88 bits per heavy atom. The molecule has 0 aliphatic carbocycles. The van der Waals surface area contributed by atoms with Gasteiger partial charge in [0.05, 0.1) is 16.9 Å². The van der Waals surface area contributed by atoms with E-state index in [0.29, 0.717) is 11.6 Å². The number of aryl methyl sites for hydroxylation is 1. The molecule has 0 saturated carbocycles. The number of rotatable bonds is 3. The molecule has 26 heavy (non-hydrogen) atoms. The molecule has 0 spiro atoms. The van der Waals surface area contributed by atoms with Crippen molar-refractivity contribution >= 4 is 5.69 Å². The molecule has 0 unspecified atom stereocenters. The van der Waals surface area contributed by atoms with Crippen LogP contribution in [0.3, 0.4) is 0 Å². The third-order valence-corrected chi connectivity index (χ3v) is 4.61. The van der Waals surface area contributed by atoms with Crippen molar-refractivity contribution in [2.24, 2.45) is 0 Å². The lowest BCUT2D eigenvalue weighted by molar-refractivity contribution is 0.521. The number of hydrogen-bond donors (Lipinski definition) is 2. The maximum absolute atomic E-state index is 13.1. The quantitative estimate of drug-likeness (QED) is 0.745. The summed E-state index contributed by atoms with van der Waals surface area (Å²) in [5, 5.41) is 8.21. The fourth-order valence-electron chi connectivity index (χ4n) is 3.12. The lowest BCUT2D eigenvalue weighted by atomic mass is 9.91. The highest BCUT2D eigenvalue weighted by atomic mass is 19.1. The van der Waals surface area contributed by atoms with E-state index in [-0.39, 0.29) is 11.4 Å². The lowest BCUT2D eigenvalue weighted by Gasteiger charge is -2.41. The van der Waals surface area contributed by atoms with Crippen molar-refractivity contribution in [2.45, 2.75) is 12.8 Å². The normalized spacial score (nSPS) is 14.3. The number of halogens is 1. The number of aromatic nitrogens is 4. The molecule has 2 N–H and O–H groups in total. The van der Waals surface area contributed by atoms with E-state index in [1.54, 1.807) is 18.2 Å². The van der Waals surface area contributed by atoms with Gasteiger partial charge in [-0.05, 0) is 30.7 Å². The Labute approximate surface area is 147 Å². The molecule has 1 aliphatic heterocycles. The molecule has 2 aromatic heterocycles. The topological polar surface area (TPSA) is 94.7 Å². The van der Waals surface area contributed by atoms with Crippen LogP contribution in [0.4, 0.5) is 10.1 Å². The van der Waals surface area contributed by atoms with Gasteiger partial charge >= 0.3 is 5.69 Å². The maximum atomic E-state index is 13.1. The first-order valence-electron chi connectivity index (χ1n) is 8.18. The van der Waals surface area contributed by atoms with E-state index >= 15 is 0 Å². The van der Waals surface area contributed by atoms with Crippen LogP contribution < -0.4 is 16.1 Å². The molecule has 1 aromatic carbocycles. The zero-order chi connectivity index (χ0) is 18.3. The molecule has 1 saturated heterocycles. The first kappa shape index (κ1) is 16.2. The summed E-state index contributed by atoms with van der Waals surface area (Å²) in [6, 6.07) is 8.35. The van der Waals surface area contributed by atoms with Crippen molar-refractivity contribution in [3.63, 3.8) is 0 Å². The van der Waals surface area contributed by atoms with Crippen LogP contribution in [0.5, 0.6) is 0 Å². The SMILES string of the molecule is Cc1nnc(-c2c[nH]c(=O)[nH]c2=O)cc1N1CC(c2ccc(F)cc2)C1. The smallest absolute Gasteiger partial charge is 0.325 e. The van der Waals surface area contributed by atoms with Gasteiger partial charge in [-0.15, -0.1) is 5.10 Å². The van der Waals surface area contributed by atoms with Crippen LogP contribution in [0.25, 0.3) is 11.3 Å². The Hall–Kier alpha value is -3.29. The van der Waals surface area contributed by atoms with Crippen molar-refractivity contribution in [3.05, 3.63) is 74.4 Å². The second-order valence-corrected chi connectivity index (χ2v) is 6.34. The number of aromatic amines is 2. The Bertz CT molecular complexity index is 1070. The Morgan fingerprint density at radius 1 is 1.15 bits per heavy atom. The monoisotopic (exact) mass is 353 g/mol. The minimum absolute atomic E-state index is 0.241. The van der Waals surface area contributed by atoms with Gasteiger partial charge in [0.15, 0.2) is 0 Å². The molecule has 1 fully saturated rings. The van der Waals surface area contributed by atoms with Crippen LogP contribution in [0.15, 0.2) is 46.1 Å². The van der Waals surface area contributed by atoms with Gasteiger partial charge in [0, 0.05) is 25.2 Å². The summed E-state index contributed by atoms with van der Waals surface area (Å²) in [5.74, 6) is 0.0815. The molecular formula is C18H16FN5O2. The highest BCUT2D eigenvalue weighted by molar-refractivity contribution is 5.65. The molecule has 0 radical (unpaired) electrons. The lowest BCUT2D eigenvalue weighted by Crippen LogP contribution is -2.45. The predicted molar refractivity (Wildman–Crippen MR) is 94.8 cm³/mol. The molecule has 4 rings (SSSR count). The van der Waals surface area contributed by atoms with E-state index in [1.807, 2.05) is 6.92 Å². The van der Waals surface area contributed by atoms with E-state index in [1.165, 1.54) is 18.3 Å². The predicted octanol–water partition coefficient (Wildman–Crippen LogP) is 1.57. The second kappa shape index (κ2) is 6.21. The number of nitrogens with one attached hydrogen (secondary N) is 2. The average Bonchev–Trinajstić information content (AvgIpc) is 2.57. The van der Waals surface area contributed by atoms with Gasteiger partial charge in [-0.25, -0.2) is 9.18 Å². The summed E-state index contributed by atoms with van der Waals surface area (Å²) < 4.78 is 13.1. The number of hydrogen-bond acceptors (Lipinski definition) is 5. The van der Waals surface area contributed by atoms with Gasteiger partial charge in [-0.1, -0.05) is 12.1 Å². The molecule has 0 atom stereocenters. The van der Waals surface area contributed by atoms with E-state index in [4.69, 9.17) is 0 Å². The van der Waals surface area contributed by atoms with Gasteiger partial charge in [-0.2, -0.15) is 5.10 Å². The Morgan fingerprint density at radius 3 is 2.58 bits per heavy atom. The van der Waals surface area contributed by atoms with Crippen molar-refractivity contribution < 1.29 is 4.39 Å². The van der Waals surface area contributed by atoms with Crippen LogP contribution in [0, 0.1) is 12.7 Å². The summed E-state index contributed by atoms with van der Waals surface area (Å²) in [4.78, 5) is 29.9. The zero-order valence-electron chi connectivity index (χ0n) is 14.0. The maximum Gasteiger partial charge on any atom is 0.325 e. The zero-order valence-corrected chi connectivity index (χ0v) is 14.0. The van der Waals surface area contributed by atoms with Crippen LogP contribution in [0.1, 0.15) is 17.2 Å². The highest BCUT2D eigenvalue weighted by Crippen LogP contribution is 2.33. The van der Waals surface area contributed by atoms with Crippen LogP contribution >= 0.6 is 0 Å². The number of H-pyrrole nitrogens is 2.